The summed E-state index contributed by atoms with van der Waals surface area (Å²) in [7, 11) is 2.14. The molecule has 28 heavy (non-hydrogen) atoms. The van der Waals surface area contributed by atoms with E-state index in [1.807, 2.05) is 30.9 Å². The van der Waals surface area contributed by atoms with E-state index in [2.05, 4.69) is 28.4 Å². The van der Waals surface area contributed by atoms with Crippen molar-refractivity contribution in [3.8, 4) is 0 Å². The van der Waals surface area contributed by atoms with E-state index in [0.29, 0.717) is 19.1 Å². The number of carbonyl (C=O) groups is 2. The van der Waals surface area contributed by atoms with Gasteiger partial charge in [0.25, 0.3) is 0 Å². The summed E-state index contributed by atoms with van der Waals surface area (Å²) in [5, 5.41) is 4.46. The molecule has 0 unspecified atom stereocenters. The van der Waals surface area contributed by atoms with Gasteiger partial charge in [-0.15, -0.1) is 0 Å². The number of hydrogen-bond donors (Lipinski definition) is 2. The number of carbonyl (C=O) groups excluding carboxylic acids is 2. The first kappa shape index (κ1) is 19.0. The molecule has 6 nitrogen and oxygen atoms in total. The van der Waals surface area contributed by atoms with E-state index in [-0.39, 0.29) is 23.8 Å². The molecule has 2 aliphatic rings. The quantitative estimate of drug-likeness (QED) is 0.799. The zero-order valence-electron chi connectivity index (χ0n) is 17.2. The molecule has 0 bridgehead atoms. The number of H-pyrrole nitrogens is 1. The van der Waals surface area contributed by atoms with Crippen molar-refractivity contribution >= 4 is 22.7 Å². The molecule has 0 saturated carbocycles. The minimum absolute atomic E-state index is 0.00462. The molecule has 1 aromatic carbocycles. The summed E-state index contributed by atoms with van der Waals surface area (Å²) in [4.78, 5) is 32.6. The van der Waals surface area contributed by atoms with E-state index in [0.717, 1.165) is 30.5 Å². The highest BCUT2D eigenvalue weighted by molar-refractivity contribution is 6.02. The number of benzene rings is 1. The Kier molecular flexibility index (Phi) is 4.91. The number of aromatic nitrogens is 1. The lowest BCUT2D eigenvalue weighted by molar-refractivity contribution is 0.100. The molecule has 3 atom stereocenters. The molecule has 1 aliphatic heterocycles. The first-order chi connectivity index (χ1) is 13.4. The highest BCUT2D eigenvalue weighted by Crippen LogP contribution is 2.44. The molecule has 1 aromatic heterocycles. The molecule has 1 fully saturated rings. The van der Waals surface area contributed by atoms with Gasteiger partial charge in [0, 0.05) is 60.3 Å². The Balaban J connectivity index is 1.70. The van der Waals surface area contributed by atoms with Crippen LogP contribution in [0.15, 0.2) is 18.3 Å². The fourth-order valence-electron chi connectivity index (χ4n) is 5.22. The van der Waals surface area contributed by atoms with Gasteiger partial charge < -0.3 is 20.1 Å². The van der Waals surface area contributed by atoms with E-state index >= 15 is 0 Å². The van der Waals surface area contributed by atoms with E-state index in [1.165, 1.54) is 16.5 Å². The number of rotatable bonds is 4. The second-order valence-electron chi connectivity index (χ2n) is 8.19. The largest absolute Gasteiger partial charge is 0.361 e. The number of aromatic amines is 1. The van der Waals surface area contributed by atoms with Crippen LogP contribution in [0, 0.1) is 0 Å². The first-order valence-corrected chi connectivity index (χ1v) is 10.3. The van der Waals surface area contributed by atoms with Crippen LogP contribution in [-0.2, 0) is 6.42 Å². The Labute approximate surface area is 166 Å². The van der Waals surface area contributed by atoms with Crippen molar-refractivity contribution in [1.29, 1.82) is 0 Å². The number of piperidine rings is 1. The summed E-state index contributed by atoms with van der Waals surface area (Å²) < 4.78 is 0. The summed E-state index contributed by atoms with van der Waals surface area (Å²) in [6.45, 7) is 7.90. The van der Waals surface area contributed by atoms with Gasteiger partial charge in [0.05, 0.1) is 0 Å². The maximum absolute atomic E-state index is 12.6. The second-order valence-corrected chi connectivity index (χ2v) is 8.19. The third-order valence-electron chi connectivity index (χ3n) is 6.60. The zero-order chi connectivity index (χ0) is 20.0. The normalized spacial score (nSPS) is 24.1. The molecule has 2 amide bonds. The number of likely N-dealkylation sites (tertiary alicyclic amines) is 1. The first-order valence-electron chi connectivity index (χ1n) is 10.3. The van der Waals surface area contributed by atoms with Crippen molar-refractivity contribution in [2.24, 2.45) is 0 Å². The van der Waals surface area contributed by atoms with Crippen LogP contribution in [-0.4, -0.2) is 65.4 Å². The van der Waals surface area contributed by atoms with Gasteiger partial charge in [-0.1, -0.05) is 0 Å². The molecule has 150 valence electrons. The van der Waals surface area contributed by atoms with Gasteiger partial charge in [0.2, 0.25) is 0 Å². The van der Waals surface area contributed by atoms with Crippen molar-refractivity contribution < 1.29 is 9.59 Å². The minimum atomic E-state index is 0.00462. The molecule has 2 aromatic rings. The molecule has 6 heteroatoms. The Morgan fingerprint density at radius 2 is 2.04 bits per heavy atom. The summed E-state index contributed by atoms with van der Waals surface area (Å²) in [5.41, 5.74) is 4.40. The number of hydrogen-bond acceptors (Lipinski definition) is 3. The fourth-order valence-corrected chi connectivity index (χ4v) is 5.22. The van der Waals surface area contributed by atoms with Crippen LogP contribution in [0.5, 0.6) is 0 Å². The van der Waals surface area contributed by atoms with E-state index in [1.54, 1.807) is 6.92 Å². The van der Waals surface area contributed by atoms with Gasteiger partial charge in [-0.2, -0.15) is 0 Å². The van der Waals surface area contributed by atoms with Gasteiger partial charge in [-0.05, 0) is 63.9 Å². The van der Waals surface area contributed by atoms with Crippen LogP contribution >= 0.6 is 0 Å². The highest BCUT2D eigenvalue weighted by atomic mass is 16.2. The van der Waals surface area contributed by atoms with Crippen molar-refractivity contribution in [3.05, 3.63) is 35.0 Å². The van der Waals surface area contributed by atoms with Crippen LogP contribution in [0.3, 0.4) is 0 Å². The maximum atomic E-state index is 12.6. The average Bonchev–Trinajstić information content (AvgIpc) is 3.07. The molecular weight excluding hydrogens is 352 g/mol. The number of ketones is 1. The smallest absolute Gasteiger partial charge is 0.317 e. The molecule has 1 saturated heterocycles. The number of Topliss-reactive ketones (excluding diaryl/α,β-unsaturated/α-hetero) is 1. The van der Waals surface area contributed by atoms with E-state index in [4.69, 9.17) is 0 Å². The number of urea groups is 1. The standard InChI is InChI=1S/C22H30N4O2/c1-5-26(6-2)22(28)24-15-10-17-19(25(4)12-15)9-14-11-23-18-8-7-16(13(3)27)21(17)20(14)18/h7-8,11,15,17,19,23H,5-6,9-10,12H2,1-4H3,(H,24,28)/t15-,17-,19+/m0/s1. The molecular formula is C22H30N4O2. The molecule has 0 spiro atoms. The maximum Gasteiger partial charge on any atom is 0.317 e. The lowest BCUT2D eigenvalue weighted by Crippen LogP contribution is -2.56. The summed E-state index contributed by atoms with van der Waals surface area (Å²) >= 11 is 0. The van der Waals surface area contributed by atoms with Crippen molar-refractivity contribution in [3.63, 3.8) is 0 Å². The van der Waals surface area contributed by atoms with Crippen LogP contribution in [0.25, 0.3) is 10.9 Å². The SMILES string of the molecule is CCN(CC)C(=O)N[C@H]1C[C@@H]2c3c(C(C)=O)ccc4[nH]cc(c34)C[C@H]2N(C)C1. The summed E-state index contributed by atoms with van der Waals surface area (Å²) in [5.74, 6) is 0.355. The predicted molar refractivity (Wildman–Crippen MR) is 111 cm³/mol. The Bertz CT molecular complexity index is 915. The molecule has 1 aliphatic carbocycles. The number of amides is 2. The van der Waals surface area contributed by atoms with E-state index < -0.39 is 0 Å². The number of likely N-dealkylation sites (N-methyl/N-ethyl adjacent to an activating group) is 1. The van der Waals surface area contributed by atoms with Gasteiger partial charge in [0.1, 0.15) is 0 Å². The topological polar surface area (TPSA) is 68.4 Å². The Morgan fingerprint density at radius 1 is 1.29 bits per heavy atom. The van der Waals surface area contributed by atoms with Crippen LogP contribution < -0.4 is 5.32 Å². The van der Waals surface area contributed by atoms with Crippen molar-refractivity contribution in [2.45, 2.75) is 51.6 Å². The minimum Gasteiger partial charge on any atom is -0.361 e. The van der Waals surface area contributed by atoms with Crippen LogP contribution in [0.2, 0.25) is 0 Å². The van der Waals surface area contributed by atoms with Gasteiger partial charge in [-0.25, -0.2) is 4.79 Å². The van der Waals surface area contributed by atoms with Gasteiger partial charge >= 0.3 is 6.03 Å². The second kappa shape index (κ2) is 7.24. The van der Waals surface area contributed by atoms with Crippen molar-refractivity contribution in [2.75, 3.05) is 26.7 Å². The third kappa shape index (κ3) is 3.00. The molecule has 2 N–H and O–H groups in total. The Hall–Kier alpha value is -2.34. The number of fused-ring (bicyclic) bond motifs is 2. The predicted octanol–water partition coefficient (Wildman–Crippen LogP) is 3.13. The number of nitrogens with one attached hydrogen (secondary N) is 2. The van der Waals surface area contributed by atoms with Gasteiger partial charge in [0.15, 0.2) is 5.78 Å². The monoisotopic (exact) mass is 382 g/mol. The lowest BCUT2D eigenvalue weighted by atomic mass is 9.72. The Morgan fingerprint density at radius 3 is 2.71 bits per heavy atom. The summed E-state index contributed by atoms with van der Waals surface area (Å²) in [6, 6.07) is 4.42. The molecule has 4 rings (SSSR count). The molecule has 0 radical (unpaired) electrons. The van der Waals surface area contributed by atoms with Crippen LogP contribution in [0.1, 0.15) is 54.6 Å². The fraction of sp³-hybridized carbons (Fsp3) is 0.545. The van der Waals surface area contributed by atoms with Crippen LogP contribution in [0.4, 0.5) is 4.79 Å². The van der Waals surface area contributed by atoms with E-state index in [9.17, 15) is 9.59 Å². The third-order valence-corrected chi connectivity index (χ3v) is 6.60. The van der Waals surface area contributed by atoms with Crippen molar-refractivity contribution in [1.82, 2.24) is 20.1 Å². The lowest BCUT2D eigenvalue weighted by Gasteiger charge is -2.46. The average molecular weight is 383 g/mol. The summed E-state index contributed by atoms with van der Waals surface area (Å²) in [6.07, 6.45) is 3.94. The zero-order valence-corrected chi connectivity index (χ0v) is 17.2. The highest BCUT2D eigenvalue weighted by Gasteiger charge is 2.41. The number of nitrogens with zero attached hydrogens (tertiary/aromatic N) is 2. The molecule has 2 heterocycles. The van der Waals surface area contributed by atoms with Gasteiger partial charge in [-0.3, -0.25) is 4.79 Å².